The zero-order chi connectivity index (χ0) is 20.8. The van der Waals surface area contributed by atoms with Gasteiger partial charge in [-0.2, -0.15) is 13.5 Å². The quantitative estimate of drug-likeness (QED) is 0.489. The maximum atomic E-state index is 10.5. The molecule has 0 spiro atoms. The molecule has 28 heavy (non-hydrogen) atoms. The third-order valence-corrected chi connectivity index (χ3v) is 4.97. The third kappa shape index (κ3) is 14.3. The van der Waals surface area contributed by atoms with Crippen LogP contribution in [0.1, 0.15) is 27.7 Å². The number of phosphoric ester groups is 2. The van der Waals surface area contributed by atoms with E-state index in [0.717, 1.165) is 0 Å². The Labute approximate surface area is 173 Å². The Hall–Kier alpha value is -0.670. The Balaban J connectivity index is 0. The molecule has 0 atom stereocenters. The fraction of sp³-hybridized carbons (Fsp3) is 0.500. The largest absolute Gasteiger partial charge is 0.472 e. The molecule has 12 heteroatoms. The molecule has 0 saturated carbocycles. The molecule has 2 aromatic rings. The van der Waals surface area contributed by atoms with Crippen LogP contribution in [0, 0.1) is 0 Å². The Bertz CT molecular complexity index is 649. The van der Waals surface area contributed by atoms with Crippen molar-refractivity contribution in [3.8, 4) is 0 Å². The minimum atomic E-state index is -3.69. The normalized spacial score (nSPS) is 10.9. The van der Waals surface area contributed by atoms with E-state index in [4.69, 9.17) is 9.79 Å². The molecule has 9 nitrogen and oxygen atoms in total. The Kier molecular flexibility index (Phi) is 17.0. The smallest absolute Gasteiger partial charge is 0.361 e. The number of fused-ring (bicyclic) bond motifs is 1. The number of nitrogens with one attached hydrogen (secondary N) is 1. The van der Waals surface area contributed by atoms with Gasteiger partial charge in [0.1, 0.15) is 0 Å². The molecule has 0 bridgehead atoms. The fourth-order valence-electron chi connectivity index (χ4n) is 1.72. The highest BCUT2D eigenvalue weighted by Gasteiger charge is 2.18. The van der Waals surface area contributed by atoms with E-state index < -0.39 is 15.6 Å². The molecular weight excluding hydrogens is 428 g/mol. The lowest BCUT2D eigenvalue weighted by molar-refractivity contribution is 0.160. The van der Waals surface area contributed by atoms with Crippen molar-refractivity contribution in [2.75, 3.05) is 26.4 Å². The molecule has 3 N–H and O–H groups in total. The molecule has 1 aromatic carbocycles. The number of hydrogen-bond acceptors (Lipinski definition) is 6. The van der Waals surface area contributed by atoms with E-state index in [1.807, 2.05) is 18.3 Å². The molecule has 0 aliphatic heterocycles. The van der Waals surface area contributed by atoms with Gasteiger partial charge in [-0.05, 0) is 45.2 Å². The first-order valence-electron chi connectivity index (χ1n) is 8.47. The van der Waals surface area contributed by atoms with Crippen LogP contribution in [-0.4, -0.2) is 41.2 Å². The summed E-state index contributed by atoms with van der Waals surface area (Å²) >= 11 is 0. The number of aromatic amines is 1. The van der Waals surface area contributed by atoms with Crippen LogP contribution in [0.15, 0.2) is 36.5 Å². The minimum Gasteiger partial charge on any atom is -0.361 e. The van der Waals surface area contributed by atoms with Crippen molar-refractivity contribution >= 4 is 40.0 Å². The van der Waals surface area contributed by atoms with E-state index in [-0.39, 0.29) is 39.9 Å². The van der Waals surface area contributed by atoms with E-state index in [9.17, 15) is 9.13 Å². The second-order valence-corrected chi connectivity index (χ2v) is 7.58. The van der Waals surface area contributed by atoms with Gasteiger partial charge in [-0.25, -0.2) is 9.13 Å². The van der Waals surface area contributed by atoms with E-state index in [1.165, 1.54) is 10.9 Å². The fourth-order valence-corrected chi connectivity index (χ4v) is 3.18. The lowest BCUT2D eigenvalue weighted by Gasteiger charge is -2.07. The number of aromatic nitrogens is 1. The highest BCUT2D eigenvalue weighted by molar-refractivity contribution is 7.59. The van der Waals surface area contributed by atoms with Crippen molar-refractivity contribution in [2.45, 2.75) is 27.7 Å². The maximum absolute atomic E-state index is 10.5. The summed E-state index contributed by atoms with van der Waals surface area (Å²) in [4.78, 5) is 20.4. The summed E-state index contributed by atoms with van der Waals surface area (Å²) in [6, 6.07) is 10.3. The summed E-state index contributed by atoms with van der Waals surface area (Å²) in [5.41, 5.74) is 1.21. The minimum absolute atomic E-state index is 0. The van der Waals surface area contributed by atoms with Gasteiger partial charge >= 0.3 is 15.6 Å². The van der Waals surface area contributed by atoms with Gasteiger partial charge in [-0.3, -0.25) is 18.1 Å². The number of phosphoric acid groups is 2. The summed E-state index contributed by atoms with van der Waals surface area (Å²) in [5.74, 6) is 0. The van der Waals surface area contributed by atoms with Gasteiger partial charge in [0.15, 0.2) is 0 Å². The number of para-hydroxylation sites is 1. The van der Waals surface area contributed by atoms with Crippen LogP contribution < -0.4 is 0 Å². The number of benzene rings is 1. The van der Waals surface area contributed by atoms with Crippen LogP contribution in [0.5, 0.6) is 0 Å². The van der Waals surface area contributed by atoms with Crippen molar-refractivity contribution < 1.29 is 37.0 Å². The van der Waals surface area contributed by atoms with E-state index >= 15 is 0 Å². The van der Waals surface area contributed by atoms with E-state index in [2.05, 4.69) is 41.3 Å². The first-order valence-corrected chi connectivity index (χ1v) is 11.5. The van der Waals surface area contributed by atoms with Gasteiger partial charge in [0.2, 0.25) is 0 Å². The first kappa shape index (κ1) is 29.5. The molecular formula is C16H31NO8P2S. The topological polar surface area (TPSA) is 127 Å². The molecule has 164 valence electrons. The molecule has 0 saturated heterocycles. The van der Waals surface area contributed by atoms with Gasteiger partial charge in [-0.15, -0.1) is 0 Å². The SMILES string of the molecule is CCOP(=O)(O)OCC.CCOP(=O)(O)OCC.S.c1ccc2[nH]ccc2c1. The summed E-state index contributed by atoms with van der Waals surface area (Å²) in [5, 5.41) is 1.28. The average molecular weight is 459 g/mol. The maximum Gasteiger partial charge on any atom is 0.472 e. The summed E-state index contributed by atoms with van der Waals surface area (Å²) in [6.07, 6.45) is 1.95. The Morgan fingerprint density at radius 2 is 1.18 bits per heavy atom. The molecule has 1 aromatic heterocycles. The zero-order valence-electron chi connectivity index (χ0n) is 16.5. The lowest BCUT2D eigenvalue weighted by atomic mass is 10.3. The molecule has 0 aliphatic rings. The van der Waals surface area contributed by atoms with Gasteiger partial charge in [0, 0.05) is 11.7 Å². The molecule has 0 fully saturated rings. The van der Waals surface area contributed by atoms with Crippen LogP contribution in [0.25, 0.3) is 10.9 Å². The van der Waals surface area contributed by atoms with Crippen molar-refractivity contribution in [3.05, 3.63) is 36.5 Å². The van der Waals surface area contributed by atoms with Gasteiger partial charge in [0.25, 0.3) is 0 Å². The van der Waals surface area contributed by atoms with Crippen LogP contribution in [0.4, 0.5) is 0 Å². The molecule has 0 unspecified atom stereocenters. The molecule has 1 heterocycles. The third-order valence-electron chi connectivity index (χ3n) is 2.63. The average Bonchev–Trinajstić information content (AvgIpc) is 3.04. The zero-order valence-corrected chi connectivity index (χ0v) is 19.3. The first-order chi connectivity index (χ1) is 12.7. The van der Waals surface area contributed by atoms with Crippen molar-refractivity contribution in [1.82, 2.24) is 4.98 Å². The Morgan fingerprint density at radius 3 is 1.54 bits per heavy atom. The van der Waals surface area contributed by atoms with E-state index in [0.29, 0.717) is 0 Å². The van der Waals surface area contributed by atoms with Crippen molar-refractivity contribution in [1.29, 1.82) is 0 Å². The molecule has 0 aliphatic carbocycles. The number of H-pyrrole nitrogens is 1. The monoisotopic (exact) mass is 459 g/mol. The van der Waals surface area contributed by atoms with Gasteiger partial charge in [-0.1, -0.05) is 18.2 Å². The van der Waals surface area contributed by atoms with Gasteiger partial charge < -0.3 is 14.8 Å². The molecule has 0 amide bonds. The second-order valence-electron chi connectivity index (χ2n) is 4.67. The standard InChI is InChI=1S/C8H7N.2C4H11O4P.H2S/c1-2-4-8-7(3-1)5-6-9-8;2*1-3-7-9(5,6)8-4-2;/h1-6,9H;2*3-4H2,1-2H3,(H,5,6);1H2. The van der Waals surface area contributed by atoms with Crippen molar-refractivity contribution in [2.24, 2.45) is 0 Å². The summed E-state index contributed by atoms with van der Waals surface area (Å²) in [6.45, 7) is 7.26. The lowest BCUT2D eigenvalue weighted by Crippen LogP contribution is -1.93. The number of hydrogen-bond donors (Lipinski definition) is 3. The highest BCUT2D eigenvalue weighted by atomic mass is 32.1. The van der Waals surface area contributed by atoms with Crippen molar-refractivity contribution in [3.63, 3.8) is 0 Å². The summed E-state index contributed by atoms with van der Waals surface area (Å²) in [7, 11) is -7.39. The number of rotatable bonds is 8. The highest BCUT2D eigenvalue weighted by Crippen LogP contribution is 2.42. The van der Waals surface area contributed by atoms with Crippen LogP contribution in [0.3, 0.4) is 0 Å². The molecule has 2 rings (SSSR count). The van der Waals surface area contributed by atoms with Gasteiger partial charge in [0.05, 0.1) is 26.4 Å². The van der Waals surface area contributed by atoms with Crippen LogP contribution >= 0.6 is 29.1 Å². The van der Waals surface area contributed by atoms with E-state index in [1.54, 1.807) is 27.7 Å². The predicted octanol–water partition coefficient (Wildman–Crippen LogP) is 4.60. The van der Waals surface area contributed by atoms with Crippen LogP contribution in [0.2, 0.25) is 0 Å². The predicted molar refractivity (Wildman–Crippen MR) is 115 cm³/mol. The second kappa shape index (κ2) is 16.2. The Morgan fingerprint density at radius 1 is 0.786 bits per heavy atom. The molecule has 0 radical (unpaired) electrons. The van der Waals surface area contributed by atoms with Crippen LogP contribution in [-0.2, 0) is 27.2 Å². The summed E-state index contributed by atoms with van der Waals surface area (Å²) < 4.78 is 38.5.